The molecule has 230 valence electrons. The Labute approximate surface area is 248 Å². The Kier molecular flexibility index (Phi) is 9.31. The highest BCUT2D eigenvalue weighted by atomic mass is 19.4. The van der Waals surface area contributed by atoms with Crippen molar-refractivity contribution < 1.29 is 41.0 Å². The lowest BCUT2D eigenvalue weighted by Crippen LogP contribution is -2.17. The summed E-state index contributed by atoms with van der Waals surface area (Å²) in [5, 5.41) is 8.91. The van der Waals surface area contributed by atoms with Crippen LogP contribution in [0, 0.1) is 18.6 Å². The first-order valence-electron chi connectivity index (χ1n) is 12.9. The minimum Gasteiger partial charge on any atom is -0.494 e. The summed E-state index contributed by atoms with van der Waals surface area (Å²) < 4.78 is 79.6. The van der Waals surface area contributed by atoms with Crippen LogP contribution in [0.25, 0.3) is 10.8 Å². The molecule has 0 saturated carbocycles. The maximum Gasteiger partial charge on any atom is 0.390 e. The fraction of sp³-hybridized carbons (Fsp3) is 0.200. The number of alkyl halides is 3. The zero-order valence-corrected chi connectivity index (χ0v) is 23.7. The number of hydrogen-bond acceptors (Lipinski definition) is 8. The fourth-order valence-corrected chi connectivity index (χ4v) is 4.35. The number of benzene rings is 2. The number of rotatable bonds is 11. The van der Waals surface area contributed by atoms with Gasteiger partial charge in [0.2, 0.25) is 11.7 Å². The summed E-state index contributed by atoms with van der Waals surface area (Å²) in [5.41, 5.74) is -0.130. The number of anilines is 4. The number of aryl methyl sites for hydroxylation is 1. The van der Waals surface area contributed by atoms with E-state index in [0.717, 1.165) is 26.4 Å². The molecule has 14 heteroatoms. The molecule has 0 atom stereocenters. The van der Waals surface area contributed by atoms with Crippen molar-refractivity contribution in [2.45, 2.75) is 19.5 Å². The molecule has 4 aromatic rings. The van der Waals surface area contributed by atoms with Gasteiger partial charge in [-0.15, -0.1) is 0 Å². The molecule has 44 heavy (non-hydrogen) atoms. The minimum atomic E-state index is -4.53. The molecule has 0 bridgehead atoms. The Morgan fingerprint density at radius 3 is 2.30 bits per heavy atom. The molecule has 0 fully saturated rings. The first-order valence-corrected chi connectivity index (χ1v) is 12.9. The van der Waals surface area contributed by atoms with Crippen LogP contribution in [0.2, 0.25) is 0 Å². The number of nitrogens with zero attached hydrogens (tertiary/aromatic N) is 2. The van der Waals surface area contributed by atoms with Crippen molar-refractivity contribution in [2.75, 3.05) is 36.7 Å². The van der Waals surface area contributed by atoms with Crippen LogP contribution in [-0.4, -0.2) is 48.6 Å². The molecule has 0 aliphatic heterocycles. The van der Waals surface area contributed by atoms with Crippen molar-refractivity contribution in [3.63, 3.8) is 0 Å². The zero-order chi connectivity index (χ0) is 32.2. The average Bonchev–Trinajstić information content (AvgIpc) is 2.98. The van der Waals surface area contributed by atoms with Crippen LogP contribution < -0.4 is 25.4 Å². The number of pyridine rings is 2. The van der Waals surface area contributed by atoms with E-state index in [1.54, 1.807) is 6.92 Å². The van der Waals surface area contributed by atoms with Gasteiger partial charge in [0.25, 0.3) is 0 Å². The number of ketones is 1. The summed E-state index contributed by atoms with van der Waals surface area (Å²) in [7, 11) is 2.23. The van der Waals surface area contributed by atoms with Crippen molar-refractivity contribution >= 4 is 45.3 Å². The molecular formula is C30H26F5N5O4. The Balaban J connectivity index is 1.88. The van der Waals surface area contributed by atoms with Crippen LogP contribution in [0.15, 0.2) is 55.5 Å². The lowest BCUT2D eigenvalue weighted by atomic mass is 9.96. The molecule has 1 amide bonds. The lowest BCUT2D eigenvalue weighted by Gasteiger charge is -2.18. The van der Waals surface area contributed by atoms with E-state index in [1.807, 2.05) is 0 Å². The van der Waals surface area contributed by atoms with Crippen molar-refractivity contribution in [1.82, 2.24) is 9.97 Å². The van der Waals surface area contributed by atoms with E-state index in [9.17, 15) is 22.8 Å². The van der Waals surface area contributed by atoms with E-state index < -0.39 is 59.5 Å². The normalized spacial score (nSPS) is 11.2. The second-order valence-electron chi connectivity index (χ2n) is 9.38. The Morgan fingerprint density at radius 1 is 1.00 bits per heavy atom. The van der Waals surface area contributed by atoms with Gasteiger partial charge in [-0.3, -0.25) is 14.6 Å². The third kappa shape index (κ3) is 6.69. The van der Waals surface area contributed by atoms with Crippen molar-refractivity contribution in [3.05, 3.63) is 83.8 Å². The van der Waals surface area contributed by atoms with Crippen molar-refractivity contribution in [2.24, 2.45) is 0 Å². The second-order valence-corrected chi connectivity index (χ2v) is 9.38. The first kappa shape index (κ1) is 31.7. The number of carbonyl (C=O) groups is 2. The second kappa shape index (κ2) is 12.9. The van der Waals surface area contributed by atoms with Gasteiger partial charge in [0.15, 0.2) is 23.1 Å². The largest absolute Gasteiger partial charge is 0.494 e. The van der Waals surface area contributed by atoms with Crippen LogP contribution in [0.3, 0.4) is 0 Å². The maximum absolute atomic E-state index is 15.3. The number of nitrogens with one attached hydrogen (secondary N) is 3. The van der Waals surface area contributed by atoms with Crippen LogP contribution in [0.1, 0.15) is 27.9 Å². The number of aromatic nitrogens is 2. The predicted octanol–water partition coefficient (Wildman–Crippen LogP) is 6.70. The smallest absolute Gasteiger partial charge is 0.390 e. The Morgan fingerprint density at radius 2 is 1.68 bits per heavy atom. The van der Waals surface area contributed by atoms with Crippen molar-refractivity contribution in [3.8, 4) is 11.5 Å². The van der Waals surface area contributed by atoms with E-state index in [1.165, 1.54) is 36.8 Å². The zero-order valence-electron chi connectivity index (χ0n) is 23.7. The highest BCUT2D eigenvalue weighted by molar-refractivity contribution is 6.17. The number of hydrogen-bond donors (Lipinski definition) is 3. The minimum absolute atomic E-state index is 0.116. The standard InChI is InChI=1S/C30H26F5N5O4/c1-5-23(41)39-19-14-36-12-15(2)27(19)40-22-10-18-16(13-38-22)6-7-17(28(18)37-9-8-30(33,34)35)29(42)24-25(31)20(43-3)11-21(44-4)26(24)32/h5-7,10-14,37H,1,8-9H2,2-4H3,(H,39,41)(H,36,38,40). The van der Waals surface area contributed by atoms with Gasteiger partial charge in [-0.05, 0) is 30.7 Å². The number of carbonyl (C=O) groups excluding carboxylic acids is 2. The van der Waals surface area contributed by atoms with E-state index >= 15 is 8.78 Å². The van der Waals surface area contributed by atoms with Gasteiger partial charge in [0.1, 0.15) is 11.4 Å². The molecule has 2 heterocycles. The topological polar surface area (TPSA) is 114 Å². The first-order chi connectivity index (χ1) is 20.9. The number of halogens is 5. The summed E-state index contributed by atoms with van der Waals surface area (Å²) in [6.07, 6.45) is -0.398. The van der Waals surface area contributed by atoms with Gasteiger partial charge in [-0.2, -0.15) is 13.2 Å². The average molecular weight is 616 g/mol. The summed E-state index contributed by atoms with van der Waals surface area (Å²) in [6.45, 7) is 4.48. The van der Waals surface area contributed by atoms with E-state index in [4.69, 9.17) is 9.47 Å². The van der Waals surface area contributed by atoms with Crippen LogP contribution in [0.5, 0.6) is 11.5 Å². The number of ether oxygens (including phenoxy) is 2. The van der Waals surface area contributed by atoms with Crippen LogP contribution in [-0.2, 0) is 4.79 Å². The molecule has 3 N–H and O–H groups in total. The lowest BCUT2D eigenvalue weighted by molar-refractivity contribution is -0.131. The highest BCUT2D eigenvalue weighted by Gasteiger charge is 2.30. The van der Waals surface area contributed by atoms with Gasteiger partial charge in [0, 0.05) is 41.3 Å². The molecule has 0 saturated heterocycles. The fourth-order valence-electron chi connectivity index (χ4n) is 4.35. The predicted molar refractivity (Wildman–Crippen MR) is 155 cm³/mol. The maximum atomic E-state index is 15.3. The quantitative estimate of drug-likeness (QED) is 0.0971. The Bertz CT molecular complexity index is 1730. The number of amides is 1. The molecule has 4 rings (SSSR count). The van der Waals surface area contributed by atoms with Gasteiger partial charge in [-0.1, -0.05) is 12.6 Å². The van der Waals surface area contributed by atoms with Crippen LogP contribution >= 0.6 is 0 Å². The van der Waals surface area contributed by atoms with E-state index in [0.29, 0.717) is 22.3 Å². The van der Waals surface area contributed by atoms with Gasteiger partial charge in [-0.25, -0.2) is 13.8 Å². The highest BCUT2D eigenvalue weighted by Crippen LogP contribution is 2.37. The molecule has 0 aliphatic carbocycles. The molecule has 0 radical (unpaired) electrons. The monoisotopic (exact) mass is 615 g/mol. The third-order valence-corrected chi connectivity index (χ3v) is 6.49. The molecular weight excluding hydrogens is 589 g/mol. The van der Waals surface area contributed by atoms with Gasteiger partial charge in [0.05, 0.1) is 43.9 Å². The summed E-state index contributed by atoms with van der Waals surface area (Å²) in [4.78, 5) is 34.1. The van der Waals surface area contributed by atoms with Crippen LogP contribution in [0.4, 0.5) is 44.8 Å². The number of fused-ring (bicyclic) bond motifs is 1. The Hall–Kier alpha value is -5.27. The van der Waals surface area contributed by atoms with Gasteiger partial charge >= 0.3 is 6.18 Å². The molecule has 9 nitrogen and oxygen atoms in total. The third-order valence-electron chi connectivity index (χ3n) is 6.49. The summed E-state index contributed by atoms with van der Waals surface area (Å²) in [6, 6.07) is 5.05. The molecule has 0 unspecified atom stereocenters. The van der Waals surface area contributed by atoms with E-state index in [2.05, 4.69) is 32.5 Å². The van der Waals surface area contributed by atoms with Gasteiger partial charge < -0.3 is 25.4 Å². The molecule has 0 aliphatic rings. The summed E-state index contributed by atoms with van der Waals surface area (Å²) in [5.74, 6) is -5.06. The SMILES string of the molecule is C=CC(=O)Nc1cncc(C)c1Nc1cc2c(NCCC(F)(F)F)c(C(=O)c3c(F)c(OC)cc(OC)c3F)ccc2cn1. The molecule has 0 spiro atoms. The number of methoxy groups -OCH3 is 2. The van der Waals surface area contributed by atoms with Crippen molar-refractivity contribution in [1.29, 1.82) is 0 Å². The molecule has 2 aromatic carbocycles. The summed E-state index contributed by atoms with van der Waals surface area (Å²) >= 11 is 0. The van der Waals surface area contributed by atoms with E-state index in [-0.39, 0.29) is 22.5 Å². The molecule has 2 aromatic heterocycles.